The van der Waals surface area contributed by atoms with Crippen molar-refractivity contribution in [1.82, 2.24) is 10.6 Å². The van der Waals surface area contributed by atoms with E-state index < -0.39 is 0 Å². The minimum absolute atomic E-state index is 0.179. The van der Waals surface area contributed by atoms with E-state index in [2.05, 4.69) is 44.4 Å². The highest BCUT2D eigenvalue weighted by Crippen LogP contribution is 2.13. The lowest BCUT2D eigenvalue weighted by molar-refractivity contribution is 0.386. The predicted molar refractivity (Wildman–Crippen MR) is 72.2 cm³/mol. The van der Waals surface area contributed by atoms with Gasteiger partial charge in [0.25, 0.3) is 0 Å². The minimum atomic E-state index is 0.179. The summed E-state index contributed by atoms with van der Waals surface area (Å²) in [6, 6.07) is 2.55. The van der Waals surface area contributed by atoms with E-state index in [1.54, 1.807) is 0 Å². The molecule has 0 amide bonds. The van der Waals surface area contributed by atoms with Crippen LogP contribution in [0.5, 0.6) is 0 Å². The van der Waals surface area contributed by atoms with Crippen LogP contribution in [0.15, 0.2) is 10.5 Å². The summed E-state index contributed by atoms with van der Waals surface area (Å²) in [6.07, 6.45) is 0. The molecular weight excluding hydrogens is 212 g/mol. The Kier molecular flexibility index (Phi) is 4.78. The Balaban J connectivity index is 2.33. The molecule has 3 heteroatoms. The van der Waals surface area contributed by atoms with Gasteiger partial charge in [0.05, 0.1) is 0 Å². The highest BCUT2D eigenvalue weighted by molar-refractivity contribution is 5.19. The van der Waals surface area contributed by atoms with Crippen LogP contribution >= 0.6 is 0 Å². The van der Waals surface area contributed by atoms with Crippen molar-refractivity contribution in [3.8, 4) is 0 Å². The van der Waals surface area contributed by atoms with E-state index in [1.807, 2.05) is 13.8 Å². The van der Waals surface area contributed by atoms with Gasteiger partial charge < -0.3 is 15.1 Å². The quantitative estimate of drug-likeness (QED) is 0.828. The van der Waals surface area contributed by atoms with Crippen molar-refractivity contribution in [3.05, 3.63) is 23.2 Å². The molecule has 0 aliphatic carbocycles. The molecule has 1 unspecified atom stereocenters. The van der Waals surface area contributed by atoms with Crippen LogP contribution in [0.25, 0.3) is 0 Å². The molecule has 1 atom stereocenters. The lowest BCUT2D eigenvalue weighted by Crippen LogP contribution is -2.44. The van der Waals surface area contributed by atoms with Gasteiger partial charge in [-0.2, -0.15) is 0 Å². The Labute approximate surface area is 105 Å². The zero-order chi connectivity index (χ0) is 13.1. The van der Waals surface area contributed by atoms with Crippen LogP contribution in [0.4, 0.5) is 0 Å². The van der Waals surface area contributed by atoms with E-state index in [-0.39, 0.29) is 5.54 Å². The van der Waals surface area contributed by atoms with Crippen molar-refractivity contribution in [2.75, 3.05) is 6.54 Å². The zero-order valence-electron chi connectivity index (χ0n) is 12.0. The largest absolute Gasteiger partial charge is 0.466 e. The first-order valence-electron chi connectivity index (χ1n) is 6.32. The highest BCUT2D eigenvalue weighted by Gasteiger charge is 2.11. The van der Waals surface area contributed by atoms with Crippen LogP contribution in [0.2, 0.25) is 0 Å². The second-order valence-electron chi connectivity index (χ2n) is 5.85. The molecule has 0 fully saturated rings. The molecule has 98 valence electrons. The summed E-state index contributed by atoms with van der Waals surface area (Å²) in [5.41, 5.74) is 1.43. The standard InChI is InChI=1S/C14H26N2O/c1-10(8-16-14(4,5)6)15-9-13-7-11(2)17-12(13)3/h7,10,15-16H,8-9H2,1-6H3. The predicted octanol–water partition coefficient (Wildman–Crippen LogP) is 2.76. The van der Waals surface area contributed by atoms with Crippen molar-refractivity contribution in [1.29, 1.82) is 0 Å². The molecule has 0 aliphatic heterocycles. The molecule has 1 rings (SSSR count). The molecule has 1 aromatic heterocycles. The van der Waals surface area contributed by atoms with E-state index in [9.17, 15) is 0 Å². The van der Waals surface area contributed by atoms with Crippen LogP contribution in [-0.4, -0.2) is 18.1 Å². The average molecular weight is 238 g/mol. The molecule has 0 spiro atoms. The van der Waals surface area contributed by atoms with Gasteiger partial charge in [-0.1, -0.05) is 0 Å². The Morgan fingerprint density at radius 1 is 1.29 bits per heavy atom. The third-order valence-corrected chi connectivity index (χ3v) is 2.72. The summed E-state index contributed by atoms with van der Waals surface area (Å²) in [5.74, 6) is 2.01. The summed E-state index contributed by atoms with van der Waals surface area (Å²) in [4.78, 5) is 0. The van der Waals surface area contributed by atoms with Crippen molar-refractivity contribution in [2.24, 2.45) is 0 Å². The van der Waals surface area contributed by atoms with Crippen LogP contribution in [0.3, 0.4) is 0 Å². The second kappa shape index (κ2) is 5.69. The summed E-state index contributed by atoms with van der Waals surface area (Å²) >= 11 is 0. The van der Waals surface area contributed by atoms with E-state index in [0.717, 1.165) is 24.6 Å². The highest BCUT2D eigenvalue weighted by atomic mass is 16.3. The molecule has 0 aliphatic rings. The van der Waals surface area contributed by atoms with E-state index >= 15 is 0 Å². The Bertz CT molecular complexity index is 350. The Morgan fingerprint density at radius 2 is 1.94 bits per heavy atom. The number of furan rings is 1. The Hall–Kier alpha value is -0.800. The van der Waals surface area contributed by atoms with Crippen molar-refractivity contribution in [3.63, 3.8) is 0 Å². The molecule has 2 N–H and O–H groups in total. The molecule has 0 saturated heterocycles. The molecule has 0 aromatic carbocycles. The maximum atomic E-state index is 5.51. The number of aryl methyl sites for hydroxylation is 2. The van der Waals surface area contributed by atoms with Gasteiger partial charge in [-0.3, -0.25) is 0 Å². The molecule has 17 heavy (non-hydrogen) atoms. The first-order valence-corrected chi connectivity index (χ1v) is 6.32. The average Bonchev–Trinajstić information content (AvgIpc) is 2.50. The summed E-state index contributed by atoms with van der Waals surface area (Å²) in [5, 5.41) is 6.99. The monoisotopic (exact) mass is 238 g/mol. The summed E-state index contributed by atoms with van der Waals surface area (Å²) < 4.78 is 5.51. The lowest BCUT2D eigenvalue weighted by atomic mass is 10.1. The van der Waals surface area contributed by atoms with E-state index in [1.165, 1.54) is 5.56 Å². The molecule has 1 heterocycles. The summed E-state index contributed by atoms with van der Waals surface area (Å²) in [7, 11) is 0. The van der Waals surface area contributed by atoms with Gasteiger partial charge in [0.2, 0.25) is 0 Å². The van der Waals surface area contributed by atoms with Gasteiger partial charge in [0, 0.05) is 30.2 Å². The first kappa shape index (κ1) is 14.3. The van der Waals surface area contributed by atoms with Gasteiger partial charge >= 0.3 is 0 Å². The maximum absolute atomic E-state index is 5.51. The van der Waals surface area contributed by atoms with Gasteiger partial charge in [-0.15, -0.1) is 0 Å². The van der Waals surface area contributed by atoms with Gasteiger partial charge in [-0.25, -0.2) is 0 Å². The SMILES string of the molecule is Cc1cc(CNC(C)CNC(C)(C)C)c(C)o1. The van der Waals surface area contributed by atoms with E-state index in [4.69, 9.17) is 4.42 Å². The number of hydrogen-bond donors (Lipinski definition) is 2. The number of nitrogens with one attached hydrogen (secondary N) is 2. The first-order chi connectivity index (χ1) is 7.78. The van der Waals surface area contributed by atoms with Crippen LogP contribution in [0.1, 0.15) is 44.8 Å². The summed E-state index contributed by atoms with van der Waals surface area (Å²) in [6.45, 7) is 14.6. The molecule has 0 saturated carbocycles. The smallest absolute Gasteiger partial charge is 0.105 e. The minimum Gasteiger partial charge on any atom is -0.466 e. The molecule has 0 radical (unpaired) electrons. The third kappa shape index (κ3) is 5.37. The normalized spacial score (nSPS) is 14.0. The lowest BCUT2D eigenvalue weighted by Gasteiger charge is -2.24. The van der Waals surface area contributed by atoms with Crippen LogP contribution in [-0.2, 0) is 6.54 Å². The van der Waals surface area contributed by atoms with Gasteiger partial charge in [-0.05, 0) is 47.6 Å². The molecule has 1 aromatic rings. The Morgan fingerprint density at radius 3 is 2.41 bits per heavy atom. The fourth-order valence-electron chi connectivity index (χ4n) is 1.67. The van der Waals surface area contributed by atoms with Crippen molar-refractivity contribution >= 4 is 0 Å². The van der Waals surface area contributed by atoms with Crippen LogP contribution < -0.4 is 10.6 Å². The molecule has 0 bridgehead atoms. The topological polar surface area (TPSA) is 37.2 Å². The number of hydrogen-bond acceptors (Lipinski definition) is 3. The molecule has 3 nitrogen and oxygen atoms in total. The fourth-order valence-corrected chi connectivity index (χ4v) is 1.67. The van der Waals surface area contributed by atoms with E-state index in [0.29, 0.717) is 6.04 Å². The number of rotatable bonds is 5. The molecular formula is C14H26N2O. The fraction of sp³-hybridized carbons (Fsp3) is 0.714. The van der Waals surface area contributed by atoms with Gasteiger partial charge in [0.1, 0.15) is 11.5 Å². The van der Waals surface area contributed by atoms with Crippen LogP contribution in [0, 0.1) is 13.8 Å². The third-order valence-electron chi connectivity index (χ3n) is 2.72. The van der Waals surface area contributed by atoms with Crippen molar-refractivity contribution < 1.29 is 4.42 Å². The van der Waals surface area contributed by atoms with Crippen molar-refractivity contribution in [2.45, 2.75) is 59.7 Å². The zero-order valence-corrected chi connectivity index (χ0v) is 12.0. The second-order valence-corrected chi connectivity index (χ2v) is 5.85. The van der Waals surface area contributed by atoms with Gasteiger partial charge in [0.15, 0.2) is 0 Å². The maximum Gasteiger partial charge on any atom is 0.105 e.